The van der Waals surface area contributed by atoms with Gasteiger partial charge in [-0.25, -0.2) is 9.78 Å². The number of carbonyl (C=O) groups excluding carboxylic acids is 1. The molecule has 0 aliphatic carbocycles. The molecule has 0 unspecified atom stereocenters. The molecule has 0 bridgehead atoms. The number of nitrogens with one attached hydrogen (secondary N) is 3. The Morgan fingerprint density at radius 3 is 2.46 bits per heavy atom. The summed E-state index contributed by atoms with van der Waals surface area (Å²) in [7, 11) is 3.45. The number of amides is 1. The number of nitrogens with zero attached hydrogens (tertiary/aromatic N) is 3. The highest BCUT2D eigenvalue weighted by atomic mass is 16.5. The molecule has 0 aliphatic rings. The Hall–Kier alpha value is -3.16. The van der Waals surface area contributed by atoms with Crippen LogP contribution in [0.25, 0.3) is 0 Å². The topological polar surface area (TPSA) is 100 Å². The molecule has 8 heteroatoms. The number of aromatic nitrogens is 1. The first kappa shape index (κ1) is 17.2. The Labute approximate surface area is 140 Å². The summed E-state index contributed by atoms with van der Waals surface area (Å²) in [5, 5.41) is 16.9. The highest BCUT2D eigenvalue weighted by Crippen LogP contribution is 2.32. The maximum Gasteiger partial charge on any atom is 0.411 e. The minimum atomic E-state index is -0.557. The van der Waals surface area contributed by atoms with Gasteiger partial charge in [-0.2, -0.15) is 5.11 Å². The molecule has 0 saturated carbocycles. The largest absolute Gasteiger partial charge is 0.450 e. The Balaban J connectivity index is 2.35. The molecule has 0 aliphatic heterocycles. The zero-order valence-corrected chi connectivity index (χ0v) is 13.8. The van der Waals surface area contributed by atoms with Crippen LogP contribution in [0.15, 0.2) is 46.6 Å². The number of hydrogen-bond donors (Lipinski definition) is 3. The molecule has 0 spiro atoms. The standard InChI is InChI=1S/C16H20N6O2/c1-4-24-16(23)19-12-10-13(15(18-3)20-14(12)17-2)22-21-11-8-6-5-7-9-11/h5-10H,4H2,1-3H3,(H,19,23)(H2,17,18,20). The van der Waals surface area contributed by atoms with Gasteiger partial charge < -0.3 is 15.4 Å². The van der Waals surface area contributed by atoms with E-state index in [-0.39, 0.29) is 6.61 Å². The summed E-state index contributed by atoms with van der Waals surface area (Å²) in [5.74, 6) is 1.03. The molecule has 126 valence electrons. The lowest BCUT2D eigenvalue weighted by Crippen LogP contribution is -2.15. The average molecular weight is 328 g/mol. The number of hydrogen-bond acceptors (Lipinski definition) is 7. The minimum Gasteiger partial charge on any atom is -0.450 e. The second kappa shape index (κ2) is 8.47. The first-order valence-corrected chi connectivity index (χ1v) is 7.49. The lowest BCUT2D eigenvalue weighted by atomic mass is 10.3. The van der Waals surface area contributed by atoms with E-state index in [1.54, 1.807) is 27.1 Å². The number of benzene rings is 1. The molecule has 0 radical (unpaired) electrons. The lowest BCUT2D eigenvalue weighted by molar-refractivity contribution is 0.168. The van der Waals surface area contributed by atoms with E-state index >= 15 is 0 Å². The van der Waals surface area contributed by atoms with Gasteiger partial charge in [0.1, 0.15) is 5.69 Å². The van der Waals surface area contributed by atoms with Gasteiger partial charge in [-0.3, -0.25) is 5.32 Å². The van der Waals surface area contributed by atoms with Crippen molar-refractivity contribution in [3.8, 4) is 0 Å². The highest BCUT2D eigenvalue weighted by Gasteiger charge is 2.13. The maximum atomic E-state index is 11.7. The van der Waals surface area contributed by atoms with Gasteiger partial charge in [-0.05, 0) is 25.1 Å². The number of carbonyl (C=O) groups is 1. The van der Waals surface area contributed by atoms with Crippen molar-refractivity contribution in [1.82, 2.24) is 4.98 Å². The predicted molar refractivity (Wildman–Crippen MR) is 94.6 cm³/mol. The minimum absolute atomic E-state index is 0.281. The van der Waals surface area contributed by atoms with E-state index < -0.39 is 6.09 Å². The quantitative estimate of drug-likeness (QED) is 0.692. The molecule has 8 nitrogen and oxygen atoms in total. The predicted octanol–water partition coefficient (Wildman–Crippen LogP) is 4.15. The Morgan fingerprint density at radius 1 is 1.12 bits per heavy atom. The van der Waals surface area contributed by atoms with Crippen molar-refractivity contribution in [2.75, 3.05) is 36.7 Å². The van der Waals surface area contributed by atoms with Crippen LogP contribution < -0.4 is 16.0 Å². The molecule has 0 fully saturated rings. The summed E-state index contributed by atoms with van der Waals surface area (Å²) in [6.45, 7) is 2.02. The summed E-state index contributed by atoms with van der Waals surface area (Å²) in [5.41, 5.74) is 1.67. The Bertz CT molecular complexity index is 718. The van der Waals surface area contributed by atoms with E-state index in [1.165, 1.54) is 0 Å². The van der Waals surface area contributed by atoms with Gasteiger partial charge in [-0.15, -0.1) is 5.11 Å². The number of anilines is 3. The van der Waals surface area contributed by atoms with E-state index in [2.05, 4.69) is 31.2 Å². The summed E-state index contributed by atoms with van der Waals surface area (Å²) >= 11 is 0. The molecular formula is C16H20N6O2. The zero-order valence-electron chi connectivity index (χ0n) is 13.8. The van der Waals surface area contributed by atoms with Crippen LogP contribution >= 0.6 is 0 Å². The number of azo groups is 1. The van der Waals surface area contributed by atoms with Crippen LogP contribution in [0.1, 0.15) is 6.92 Å². The summed E-state index contributed by atoms with van der Waals surface area (Å²) < 4.78 is 4.90. The monoisotopic (exact) mass is 328 g/mol. The molecule has 1 aromatic heterocycles. The van der Waals surface area contributed by atoms with Gasteiger partial charge in [-0.1, -0.05) is 18.2 Å². The highest BCUT2D eigenvalue weighted by molar-refractivity contribution is 5.90. The SMILES string of the molecule is CCOC(=O)Nc1cc(N=Nc2ccccc2)c(NC)nc1NC. The van der Waals surface area contributed by atoms with Crippen LogP contribution in [0, 0.1) is 0 Å². The van der Waals surface area contributed by atoms with Crippen LogP contribution in [0.2, 0.25) is 0 Å². The maximum absolute atomic E-state index is 11.7. The molecule has 0 atom stereocenters. The number of pyridine rings is 1. The number of ether oxygens (including phenoxy) is 1. The van der Waals surface area contributed by atoms with Crippen LogP contribution in [0.3, 0.4) is 0 Å². The fourth-order valence-electron chi connectivity index (χ4n) is 1.93. The van der Waals surface area contributed by atoms with Gasteiger partial charge in [0.2, 0.25) is 0 Å². The molecule has 3 N–H and O–H groups in total. The van der Waals surface area contributed by atoms with Gasteiger partial charge in [0.05, 0.1) is 18.0 Å². The number of rotatable bonds is 6. The van der Waals surface area contributed by atoms with E-state index in [0.29, 0.717) is 23.0 Å². The van der Waals surface area contributed by atoms with Crippen molar-refractivity contribution in [3.05, 3.63) is 36.4 Å². The van der Waals surface area contributed by atoms with E-state index in [4.69, 9.17) is 4.74 Å². The third-order valence-electron chi connectivity index (χ3n) is 3.02. The molecule has 24 heavy (non-hydrogen) atoms. The normalized spacial score (nSPS) is 10.5. The third kappa shape index (κ3) is 4.42. The first-order valence-electron chi connectivity index (χ1n) is 7.49. The molecule has 0 saturated heterocycles. The van der Waals surface area contributed by atoms with Crippen LogP contribution in [-0.4, -0.2) is 31.8 Å². The van der Waals surface area contributed by atoms with E-state index in [1.807, 2.05) is 30.3 Å². The van der Waals surface area contributed by atoms with Crippen molar-refractivity contribution in [2.45, 2.75) is 6.92 Å². The summed E-state index contributed by atoms with van der Waals surface area (Å²) in [6.07, 6.45) is -0.557. The van der Waals surface area contributed by atoms with Gasteiger partial charge in [0.15, 0.2) is 11.6 Å². The van der Waals surface area contributed by atoms with Gasteiger partial charge in [0.25, 0.3) is 0 Å². The summed E-state index contributed by atoms with van der Waals surface area (Å²) in [6, 6.07) is 11.0. The van der Waals surface area contributed by atoms with Gasteiger partial charge in [0, 0.05) is 14.1 Å². The lowest BCUT2D eigenvalue weighted by Gasteiger charge is -2.13. The van der Waals surface area contributed by atoms with E-state index in [9.17, 15) is 4.79 Å². The second-order valence-electron chi connectivity index (χ2n) is 4.63. The second-order valence-corrected chi connectivity index (χ2v) is 4.63. The molecule has 2 aromatic rings. The fraction of sp³-hybridized carbons (Fsp3) is 0.250. The first-order chi connectivity index (χ1) is 11.7. The molecule has 1 amide bonds. The van der Waals surface area contributed by atoms with Crippen molar-refractivity contribution in [1.29, 1.82) is 0 Å². The smallest absolute Gasteiger partial charge is 0.411 e. The Kier molecular flexibility index (Phi) is 6.07. The van der Waals surface area contributed by atoms with Crippen molar-refractivity contribution >= 4 is 34.8 Å². The van der Waals surface area contributed by atoms with Crippen LogP contribution in [0.5, 0.6) is 0 Å². The third-order valence-corrected chi connectivity index (χ3v) is 3.02. The molecule has 1 aromatic carbocycles. The van der Waals surface area contributed by atoms with Crippen molar-refractivity contribution in [2.24, 2.45) is 10.2 Å². The van der Waals surface area contributed by atoms with Crippen molar-refractivity contribution < 1.29 is 9.53 Å². The molecule has 1 heterocycles. The van der Waals surface area contributed by atoms with E-state index in [0.717, 1.165) is 5.69 Å². The molecule has 2 rings (SSSR count). The van der Waals surface area contributed by atoms with Crippen molar-refractivity contribution in [3.63, 3.8) is 0 Å². The zero-order chi connectivity index (χ0) is 17.4. The average Bonchev–Trinajstić information content (AvgIpc) is 2.61. The van der Waals surface area contributed by atoms with Crippen LogP contribution in [-0.2, 0) is 4.74 Å². The molecular weight excluding hydrogens is 308 g/mol. The fourth-order valence-corrected chi connectivity index (χ4v) is 1.93. The summed E-state index contributed by atoms with van der Waals surface area (Å²) in [4.78, 5) is 16.1. The van der Waals surface area contributed by atoms with Crippen LogP contribution in [0.4, 0.5) is 33.5 Å². The Morgan fingerprint density at radius 2 is 1.83 bits per heavy atom. The van der Waals surface area contributed by atoms with Gasteiger partial charge >= 0.3 is 6.09 Å².